The lowest BCUT2D eigenvalue weighted by atomic mass is 10.5. The minimum Gasteiger partial charge on any atom is -0.338 e. The van der Waals surface area contributed by atoms with E-state index in [1.807, 2.05) is 0 Å². The molecule has 0 aromatic carbocycles. The molecule has 0 aromatic heterocycles. The van der Waals surface area contributed by atoms with Crippen molar-refractivity contribution in [1.29, 1.82) is 0 Å². The molecular weight excluding hydrogens is 233 g/mol. The first-order valence-corrected chi connectivity index (χ1v) is 6.52. The average molecular weight is 246 g/mol. The zero-order valence-corrected chi connectivity index (χ0v) is 9.61. The Bertz CT molecular complexity index is 291. The lowest BCUT2D eigenvalue weighted by Crippen LogP contribution is -2.38. The maximum atomic E-state index is 12.4. The molecular formula is C7H13ClFNO3S. The normalized spacial score (nSPS) is 13.7. The van der Waals surface area contributed by atoms with E-state index < -0.39 is 21.4 Å². The molecule has 0 aromatic rings. The second-order valence-corrected chi connectivity index (χ2v) is 5.49. The van der Waals surface area contributed by atoms with Crippen LogP contribution in [0, 0.1) is 0 Å². The highest BCUT2D eigenvalue weighted by atomic mass is 35.5. The lowest BCUT2D eigenvalue weighted by Gasteiger charge is -2.19. The Labute approximate surface area is 87.9 Å². The monoisotopic (exact) mass is 245 g/mol. The van der Waals surface area contributed by atoms with Crippen molar-refractivity contribution in [1.82, 2.24) is 4.90 Å². The number of hydrogen-bond acceptors (Lipinski definition) is 3. The van der Waals surface area contributed by atoms with Crippen LogP contribution in [0.5, 0.6) is 0 Å². The highest BCUT2D eigenvalue weighted by Crippen LogP contribution is 2.03. The molecule has 0 spiro atoms. The maximum absolute atomic E-state index is 12.4. The Kier molecular flexibility index (Phi) is 5.36. The number of rotatable bonds is 5. The fourth-order valence-electron chi connectivity index (χ4n) is 0.838. The van der Waals surface area contributed by atoms with Crippen molar-refractivity contribution < 1.29 is 17.6 Å². The molecule has 0 rings (SSSR count). The molecule has 0 N–H and O–H groups in total. The van der Waals surface area contributed by atoms with Crippen LogP contribution in [0.1, 0.15) is 6.92 Å². The molecule has 0 aliphatic heterocycles. The Morgan fingerprint density at radius 1 is 1.57 bits per heavy atom. The third-order valence-electron chi connectivity index (χ3n) is 1.61. The largest absolute Gasteiger partial charge is 0.338 e. The molecule has 0 fully saturated rings. The molecule has 0 saturated heterocycles. The average Bonchev–Trinajstić information content (AvgIpc) is 2.02. The summed E-state index contributed by atoms with van der Waals surface area (Å²) < 4.78 is 33.9. The van der Waals surface area contributed by atoms with Crippen molar-refractivity contribution in [2.45, 2.75) is 12.6 Å². The van der Waals surface area contributed by atoms with E-state index in [1.54, 1.807) is 6.92 Å². The van der Waals surface area contributed by atoms with Gasteiger partial charge in [-0.15, -0.1) is 0 Å². The lowest BCUT2D eigenvalue weighted by molar-refractivity contribution is -0.133. The Balaban J connectivity index is 4.24. The Morgan fingerprint density at radius 3 is 2.36 bits per heavy atom. The molecule has 0 bridgehead atoms. The summed E-state index contributed by atoms with van der Waals surface area (Å²) in [7, 11) is -3.15. The van der Waals surface area contributed by atoms with Gasteiger partial charge in [-0.3, -0.25) is 4.79 Å². The molecule has 1 unspecified atom stereocenters. The van der Waals surface area contributed by atoms with Gasteiger partial charge >= 0.3 is 0 Å². The summed E-state index contributed by atoms with van der Waals surface area (Å²) in [5.74, 6) is -1.08. The van der Waals surface area contributed by atoms with Crippen LogP contribution in [0.4, 0.5) is 4.39 Å². The van der Waals surface area contributed by atoms with E-state index in [4.69, 9.17) is 11.6 Å². The first-order chi connectivity index (χ1) is 6.28. The van der Waals surface area contributed by atoms with Gasteiger partial charge in [0.2, 0.25) is 0 Å². The Hall–Kier alpha value is -0.360. The molecule has 84 valence electrons. The van der Waals surface area contributed by atoms with Crippen molar-refractivity contribution in [3.05, 3.63) is 0 Å². The van der Waals surface area contributed by atoms with Crippen LogP contribution in [0.15, 0.2) is 0 Å². The van der Waals surface area contributed by atoms with E-state index >= 15 is 0 Å². The van der Waals surface area contributed by atoms with Crippen LogP contribution in [0.2, 0.25) is 0 Å². The number of hydrogen-bond donors (Lipinski definition) is 0. The van der Waals surface area contributed by atoms with E-state index in [1.165, 1.54) is 0 Å². The molecule has 0 heterocycles. The van der Waals surface area contributed by atoms with E-state index in [2.05, 4.69) is 0 Å². The van der Waals surface area contributed by atoms with Crippen molar-refractivity contribution in [2.24, 2.45) is 0 Å². The maximum Gasteiger partial charge on any atom is 0.272 e. The van der Waals surface area contributed by atoms with Gasteiger partial charge < -0.3 is 4.90 Å². The quantitative estimate of drug-likeness (QED) is 0.660. The van der Waals surface area contributed by atoms with Gasteiger partial charge in [-0.25, -0.2) is 12.8 Å². The topological polar surface area (TPSA) is 54.5 Å². The molecule has 1 amide bonds. The van der Waals surface area contributed by atoms with Crippen LogP contribution in [0.3, 0.4) is 0 Å². The number of sulfone groups is 1. The van der Waals surface area contributed by atoms with E-state index in [-0.39, 0.29) is 18.8 Å². The third kappa shape index (κ3) is 5.39. The van der Waals surface area contributed by atoms with E-state index in [0.717, 1.165) is 11.2 Å². The molecule has 4 nitrogen and oxygen atoms in total. The van der Waals surface area contributed by atoms with Crippen LogP contribution in [0.25, 0.3) is 0 Å². The van der Waals surface area contributed by atoms with Crippen molar-refractivity contribution in [2.75, 3.05) is 25.1 Å². The summed E-state index contributed by atoms with van der Waals surface area (Å²) in [6.07, 6.45) is 1.05. The number of carbonyl (C=O) groups excluding carboxylic acids is 1. The van der Waals surface area contributed by atoms with Gasteiger partial charge in [0, 0.05) is 19.3 Å². The van der Waals surface area contributed by atoms with Gasteiger partial charge in [-0.1, -0.05) is 11.6 Å². The summed E-state index contributed by atoms with van der Waals surface area (Å²) in [5.41, 5.74) is -2.10. The van der Waals surface area contributed by atoms with Crippen molar-refractivity contribution >= 4 is 27.3 Å². The molecule has 14 heavy (non-hydrogen) atoms. The predicted molar refractivity (Wildman–Crippen MR) is 52.7 cm³/mol. The highest BCUT2D eigenvalue weighted by Gasteiger charge is 2.21. The number of amides is 1. The number of alkyl halides is 2. The van der Waals surface area contributed by atoms with E-state index in [9.17, 15) is 17.6 Å². The first-order valence-electron chi connectivity index (χ1n) is 4.02. The van der Waals surface area contributed by atoms with Crippen molar-refractivity contribution in [3.63, 3.8) is 0 Å². The van der Waals surface area contributed by atoms with Crippen LogP contribution >= 0.6 is 11.6 Å². The van der Waals surface area contributed by atoms with Crippen LogP contribution in [-0.2, 0) is 14.6 Å². The zero-order valence-electron chi connectivity index (χ0n) is 8.03. The predicted octanol–water partition coefficient (Wildman–Crippen LogP) is 0.414. The smallest absolute Gasteiger partial charge is 0.272 e. The number of carbonyl (C=O) groups is 1. The molecule has 0 radical (unpaired) electrons. The highest BCUT2D eigenvalue weighted by molar-refractivity contribution is 7.90. The second kappa shape index (κ2) is 5.50. The number of halogens is 2. The molecule has 0 aliphatic carbocycles. The van der Waals surface area contributed by atoms with Gasteiger partial charge in [0.15, 0.2) is 0 Å². The number of nitrogens with zero attached hydrogens (tertiary/aromatic N) is 1. The Morgan fingerprint density at radius 2 is 2.07 bits per heavy atom. The molecule has 1 atom stereocenters. The van der Waals surface area contributed by atoms with Gasteiger partial charge in [-0.05, 0) is 6.92 Å². The van der Waals surface area contributed by atoms with Crippen molar-refractivity contribution in [3.8, 4) is 0 Å². The summed E-state index contributed by atoms with van der Waals surface area (Å²) in [4.78, 5) is 12.1. The zero-order chi connectivity index (χ0) is 11.4. The minimum atomic E-state index is -3.15. The third-order valence-corrected chi connectivity index (χ3v) is 2.72. The van der Waals surface area contributed by atoms with Crippen LogP contribution < -0.4 is 0 Å². The molecule has 0 aliphatic rings. The van der Waals surface area contributed by atoms with Gasteiger partial charge in [-0.2, -0.15) is 0 Å². The van der Waals surface area contributed by atoms with Gasteiger partial charge in [0.25, 0.3) is 11.5 Å². The fourth-order valence-corrected chi connectivity index (χ4v) is 1.53. The summed E-state index contributed by atoms with van der Waals surface area (Å²) in [6.45, 7) is 1.84. The summed E-state index contributed by atoms with van der Waals surface area (Å²) >= 11 is 4.94. The van der Waals surface area contributed by atoms with E-state index in [0.29, 0.717) is 0 Å². The fraction of sp³-hybridized carbons (Fsp3) is 0.857. The minimum absolute atomic E-state index is 0.0265. The SMILES string of the molecule is CCN(CCS(C)(=O)=O)C(=O)C(F)Cl. The summed E-state index contributed by atoms with van der Waals surface area (Å²) in [6, 6.07) is 0. The standard InChI is InChI=1S/C7H13ClFNO3S/c1-3-10(7(11)6(8)9)4-5-14(2,12)13/h6H,3-5H2,1-2H3. The summed E-state index contributed by atoms with van der Waals surface area (Å²) in [5, 5.41) is 0. The molecule has 7 heteroatoms. The first kappa shape index (κ1) is 13.6. The second-order valence-electron chi connectivity index (χ2n) is 2.85. The van der Waals surface area contributed by atoms with Gasteiger partial charge in [0.05, 0.1) is 5.75 Å². The van der Waals surface area contributed by atoms with Gasteiger partial charge in [0.1, 0.15) is 9.84 Å². The molecule has 0 saturated carbocycles. The van der Waals surface area contributed by atoms with Crippen LogP contribution in [-0.4, -0.2) is 50.0 Å².